The fraction of sp³-hybridized carbons (Fsp3) is 0.684. The van der Waals surface area contributed by atoms with Crippen molar-refractivity contribution in [3.05, 3.63) is 35.4 Å². The molecular weight excluding hydrogens is 242 g/mol. The monoisotopic (exact) mass is 271 g/mol. The lowest BCUT2D eigenvalue weighted by Crippen LogP contribution is -2.45. The summed E-state index contributed by atoms with van der Waals surface area (Å²) in [7, 11) is 0. The first-order valence-corrected chi connectivity index (χ1v) is 8.18. The smallest absolute Gasteiger partial charge is 0.0297 e. The van der Waals surface area contributed by atoms with Gasteiger partial charge in [0.15, 0.2) is 0 Å². The Bertz CT molecular complexity index is 504. The number of hydrogen-bond acceptors (Lipinski definition) is 1. The molecule has 0 saturated heterocycles. The molecular formula is C19H29N. The van der Waals surface area contributed by atoms with Crippen LogP contribution in [0.2, 0.25) is 0 Å². The summed E-state index contributed by atoms with van der Waals surface area (Å²) < 4.78 is 0. The van der Waals surface area contributed by atoms with E-state index in [4.69, 9.17) is 0 Å². The maximum atomic E-state index is 3.96. The second-order valence-electron chi connectivity index (χ2n) is 7.91. The highest BCUT2D eigenvalue weighted by atomic mass is 15.0. The molecule has 2 aliphatic carbocycles. The molecule has 0 heterocycles. The Morgan fingerprint density at radius 1 is 1.20 bits per heavy atom. The lowest BCUT2D eigenvalue weighted by atomic mass is 9.69. The molecule has 1 aromatic carbocycles. The van der Waals surface area contributed by atoms with E-state index in [1.807, 2.05) is 0 Å². The van der Waals surface area contributed by atoms with Crippen molar-refractivity contribution < 1.29 is 0 Å². The minimum Gasteiger partial charge on any atom is -0.307 e. The summed E-state index contributed by atoms with van der Waals surface area (Å²) in [6.45, 7) is 12.0. The second-order valence-corrected chi connectivity index (χ2v) is 7.91. The Labute approximate surface area is 124 Å². The van der Waals surface area contributed by atoms with Gasteiger partial charge in [0.2, 0.25) is 0 Å². The summed E-state index contributed by atoms with van der Waals surface area (Å²) in [4.78, 5) is 0. The van der Waals surface area contributed by atoms with Gasteiger partial charge >= 0.3 is 0 Å². The molecule has 4 atom stereocenters. The minimum absolute atomic E-state index is 0.452. The predicted octanol–water partition coefficient (Wildman–Crippen LogP) is 4.86. The minimum atomic E-state index is 0.452. The summed E-state index contributed by atoms with van der Waals surface area (Å²) in [6.07, 6.45) is 4.18. The molecule has 0 aromatic heterocycles. The van der Waals surface area contributed by atoms with Crippen LogP contribution in [0.3, 0.4) is 0 Å². The predicted molar refractivity (Wildman–Crippen MR) is 85.7 cm³/mol. The maximum absolute atomic E-state index is 3.96. The third-order valence-corrected chi connectivity index (χ3v) is 6.90. The maximum Gasteiger partial charge on any atom is 0.0297 e. The van der Waals surface area contributed by atoms with Crippen molar-refractivity contribution in [2.45, 2.75) is 66.0 Å². The van der Waals surface area contributed by atoms with Gasteiger partial charge in [-0.15, -0.1) is 0 Å². The van der Waals surface area contributed by atoms with Crippen LogP contribution in [0.5, 0.6) is 0 Å². The highest BCUT2D eigenvalue weighted by Gasteiger charge is 2.61. The van der Waals surface area contributed by atoms with Gasteiger partial charge in [-0.25, -0.2) is 0 Å². The highest BCUT2D eigenvalue weighted by molar-refractivity contribution is 5.28. The van der Waals surface area contributed by atoms with E-state index < -0.39 is 0 Å². The molecule has 110 valence electrons. The fourth-order valence-corrected chi connectivity index (χ4v) is 4.92. The van der Waals surface area contributed by atoms with Crippen molar-refractivity contribution in [1.82, 2.24) is 5.32 Å². The molecule has 0 radical (unpaired) electrons. The molecule has 3 unspecified atom stereocenters. The summed E-state index contributed by atoms with van der Waals surface area (Å²) in [5, 5.41) is 3.96. The van der Waals surface area contributed by atoms with Crippen molar-refractivity contribution in [2.75, 3.05) is 0 Å². The number of hydrogen-bond donors (Lipinski definition) is 1. The lowest BCUT2D eigenvalue weighted by Gasteiger charge is -2.41. The van der Waals surface area contributed by atoms with Crippen LogP contribution in [-0.4, -0.2) is 6.04 Å². The van der Waals surface area contributed by atoms with E-state index in [9.17, 15) is 0 Å². The van der Waals surface area contributed by atoms with Crippen LogP contribution >= 0.6 is 0 Å². The number of rotatable bonds is 3. The third-order valence-electron chi connectivity index (χ3n) is 6.90. The van der Waals surface area contributed by atoms with Crippen LogP contribution in [0.4, 0.5) is 0 Å². The van der Waals surface area contributed by atoms with Crippen LogP contribution in [0, 0.1) is 23.7 Å². The summed E-state index contributed by atoms with van der Waals surface area (Å²) in [5.74, 6) is 0.911. The van der Waals surface area contributed by atoms with Crippen LogP contribution in [0.25, 0.3) is 0 Å². The Kier molecular flexibility index (Phi) is 3.25. The number of benzene rings is 1. The SMILES string of the molecule is Cc1ccccc1[C@@H](C)NC1CC2CCC1(C)C2(C)C. The van der Waals surface area contributed by atoms with E-state index in [1.165, 1.54) is 30.4 Å². The molecule has 0 amide bonds. The second kappa shape index (κ2) is 4.59. The van der Waals surface area contributed by atoms with Gasteiger partial charge in [0.05, 0.1) is 0 Å². The van der Waals surface area contributed by atoms with Crippen molar-refractivity contribution in [1.29, 1.82) is 0 Å². The normalized spacial score (nSPS) is 36.2. The first-order valence-electron chi connectivity index (χ1n) is 8.18. The summed E-state index contributed by atoms with van der Waals surface area (Å²) in [5.41, 5.74) is 3.82. The molecule has 0 aliphatic heterocycles. The van der Waals surface area contributed by atoms with E-state index in [1.54, 1.807) is 0 Å². The van der Waals surface area contributed by atoms with Gasteiger partial charge in [-0.05, 0) is 61.0 Å². The van der Waals surface area contributed by atoms with Crippen LogP contribution in [0.1, 0.15) is 64.1 Å². The van der Waals surface area contributed by atoms with Crippen molar-refractivity contribution in [3.8, 4) is 0 Å². The lowest BCUT2D eigenvalue weighted by molar-refractivity contribution is 0.116. The van der Waals surface area contributed by atoms with E-state index in [0.29, 0.717) is 22.9 Å². The molecule has 2 bridgehead atoms. The van der Waals surface area contributed by atoms with Gasteiger partial charge < -0.3 is 5.32 Å². The van der Waals surface area contributed by atoms with Gasteiger partial charge in [0.1, 0.15) is 0 Å². The van der Waals surface area contributed by atoms with Crippen LogP contribution in [0.15, 0.2) is 24.3 Å². The molecule has 2 fully saturated rings. The van der Waals surface area contributed by atoms with Gasteiger partial charge in [-0.3, -0.25) is 0 Å². The molecule has 1 heteroatoms. The topological polar surface area (TPSA) is 12.0 Å². The molecule has 2 saturated carbocycles. The largest absolute Gasteiger partial charge is 0.307 e. The highest BCUT2D eigenvalue weighted by Crippen LogP contribution is 2.65. The third kappa shape index (κ3) is 1.86. The quantitative estimate of drug-likeness (QED) is 0.827. The molecule has 1 aromatic rings. The molecule has 1 nitrogen and oxygen atoms in total. The first-order chi connectivity index (χ1) is 9.36. The van der Waals surface area contributed by atoms with Crippen molar-refractivity contribution >= 4 is 0 Å². The molecule has 1 N–H and O–H groups in total. The number of fused-ring (bicyclic) bond motifs is 2. The molecule has 0 spiro atoms. The van der Waals surface area contributed by atoms with Crippen LogP contribution in [-0.2, 0) is 0 Å². The zero-order valence-electron chi connectivity index (χ0n) is 13.7. The average molecular weight is 271 g/mol. The number of aryl methyl sites for hydroxylation is 1. The summed E-state index contributed by atoms with van der Waals surface area (Å²) >= 11 is 0. The van der Waals surface area contributed by atoms with Gasteiger partial charge in [0, 0.05) is 12.1 Å². The van der Waals surface area contributed by atoms with Crippen molar-refractivity contribution in [2.24, 2.45) is 16.7 Å². The Morgan fingerprint density at radius 2 is 1.90 bits per heavy atom. The Morgan fingerprint density at radius 3 is 2.45 bits per heavy atom. The standard InChI is InChI=1S/C19H29N/c1-13-8-6-7-9-16(13)14(2)20-17-12-15-10-11-19(17,5)18(15,3)4/h6-9,14-15,17,20H,10-12H2,1-5H3/t14-,15?,17?,19?/m1/s1. The molecule has 2 aliphatic rings. The van der Waals surface area contributed by atoms with Gasteiger partial charge in [-0.2, -0.15) is 0 Å². The van der Waals surface area contributed by atoms with Gasteiger partial charge in [-0.1, -0.05) is 45.0 Å². The van der Waals surface area contributed by atoms with Gasteiger partial charge in [0.25, 0.3) is 0 Å². The van der Waals surface area contributed by atoms with Crippen LogP contribution < -0.4 is 5.32 Å². The summed E-state index contributed by atoms with van der Waals surface area (Å²) in [6, 6.07) is 9.91. The van der Waals surface area contributed by atoms with E-state index in [0.717, 1.165) is 5.92 Å². The zero-order valence-corrected chi connectivity index (χ0v) is 13.7. The Balaban J connectivity index is 1.79. The number of nitrogens with one attached hydrogen (secondary N) is 1. The zero-order chi connectivity index (χ0) is 14.5. The first kappa shape index (κ1) is 14.1. The van der Waals surface area contributed by atoms with Crippen molar-refractivity contribution in [3.63, 3.8) is 0 Å². The molecule has 20 heavy (non-hydrogen) atoms. The van der Waals surface area contributed by atoms with E-state index >= 15 is 0 Å². The van der Waals surface area contributed by atoms with E-state index in [-0.39, 0.29) is 0 Å². The Hall–Kier alpha value is -0.820. The van der Waals surface area contributed by atoms with E-state index in [2.05, 4.69) is 64.2 Å². The molecule has 3 rings (SSSR count). The fourth-order valence-electron chi connectivity index (χ4n) is 4.92. The average Bonchev–Trinajstić information content (AvgIpc) is 2.72.